The smallest absolute Gasteiger partial charge is 0.175 e. The molecule has 0 aliphatic heterocycles. The minimum atomic E-state index is -3.19. The van der Waals surface area contributed by atoms with Crippen molar-refractivity contribution < 1.29 is 12.8 Å². The van der Waals surface area contributed by atoms with Gasteiger partial charge in [0.05, 0.1) is 28.7 Å². The summed E-state index contributed by atoms with van der Waals surface area (Å²) >= 11 is 0. The molecule has 23 heavy (non-hydrogen) atoms. The van der Waals surface area contributed by atoms with Gasteiger partial charge >= 0.3 is 0 Å². The molecule has 0 aliphatic carbocycles. The minimum absolute atomic E-state index is 0.295. The fraction of sp³-hybridized carbons (Fsp3) is 0.176. The first-order valence-corrected chi connectivity index (χ1v) is 9.05. The highest BCUT2D eigenvalue weighted by Gasteiger charge is 2.08. The Hall–Kier alpha value is -2.47. The van der Waals surface area contributed by atoms with Gasteiger partial charge in [0, 0.05) is 24.4 Å². The molecule has 0 N–H and O–H groups in total. The van der Waals surface area contributed by atoms with Crippen LogP contribution in [0.15, 0.2) is 64.4 Å². The molecule has 3 aromatic rings. The van der Waals surface area contributed by atoms with Crippen molar-refractivity contribution in [2.75, 3.05) is 6.26 Å². The highest BCUT2D eigenvalue weighted by Crippen LogP contribution is 2.19. The topological polar surface area (TPSA) is 73.1 Å². The van der Waals surface area contributed by atoms with E-state index in [0.717, 1.165) is 35.6 Å². The lowest BCUT2D eigenvalue weighted by Gasteiger charge is -2.05. The van der Waals surface area contributed by atoms with E-state index < -0.39 is 9.84 Å². The Morgan fingerprint density at radius 3 is 2.48 bits per heavy atom. The Balaban J connectivity index is 1.79. The molecule has 118 valence electrons. The third-order valence-corrected chi connectivity index (χ3v) is 4.60. The summed E-state index contributed by atoms with van der Waals surface area (Å²) in [4.78, 5) is 9.10. The summed E-state index contributed by atoms with van der Waals surface area (Å²) in [6, 6.07) is 10.5. The number of nitrogens with zero attached hydrogens (tertiary/aromatic N) is 2. The number of hydrogen-bond donors (Lipinski definition) is 0. The first-order chi connectivity index (χ1) is 11.0. The molecule has 3 rings (SSSR count). The van der Waals surface area contributed by atoms with Crippen LogP contribution in [0.4, 0.5) is 0 Å². The van der Waals surface area contributed by atoms with Crippen molar-refractivity contribution in [1.29, 1.82) is 0 Å². The van der Waals surface area contributed by atoms with Crippen LogP contribution in [0.25, 0.3) is 11.3 Å². The van der Waals surface area contributed by atoms with Crippen molar-refractivity contribution in [3.05, 3.63) is 66.5 Å². The summed E-state index contributed by atoms with van der Waals surface area (Å²) in [6.45, 7) is 0. The zero-order valence-corrected chi connectivity index (χ0v) is 13.5. The number of rotatable bonds is 5. The van der Waals surface area contributed by atoms with Crippen molar-refractivity contribution >= 4 is 9.84 Å². The van der Waals surface area contributed by atoms with Crippen molar-refractivity contribution in [2.24, 2.45) is 0 Å². The van der Waals surface area contributed by atoms with Crippen molar-refractivity contribution in [3.8, 4) is 11.3 Å². The molecule has 0 amide bonds. The number of benzene rings is 1. The zero-order valence-electron chi connectivity index (χ0n) is 12.6. The maximum absolute atomic E-state index is 11.5. The van der Waals surface area contributed by atoms with Crippen LogP contribution in [0, 0.1) is 0 Å². The van der Waals surface area contributed by atoms with Gasteiger partial charge in [-0.15, -0.1) is 0 Å². The summed E-state index contributed by atoms with van der Waals surface area (Å²) in [7, 11) is -3.19. The molecular formula is C17H16N2O3S. The van der Waals surface area contributed by atoms with Crippen molar-refractivity contribution in [1.82, 2.24) is 9.97 Å². The van der Waals surface area contributed by atoms with Gasteiger partial charge < -0.3 is 4.42 Å². The predicted octanol–water partition coefficient (Wildman–Crippen LogP) is 2.93. The van der Waals surface area contributed by atoms with E-state index in [0.29, 0.717) is 4.90 Å². The Kier molecular flexibility index (Phi) is 4.25. The predicted molar refractivity (Wildman–Crippen MR) is 86.7 cm³/mol. The summed E-state index contributed by atoms with van der Waals surface area (Å²) in [5.41, 5.74) is 2.43. The molecule has 2 aromatic heterocycles. The molecule has 0 saturated carbocycles. The Labute approximate surface area is 134 Å². The van der Waals surface area contributed by atoms with Crippen LogP contribution in [0.5, 0.6) is 0 Å². The van der Waals surface area contributed by atoms with Gasteiger partial charge in [0.1, 0.15) is 5.76 Å². The fourth-order valence-corrected chi connectivity index (χ4v) is 2.88. The molecule has 0 bridgehead atoms. The Morgan fingerprint density at radius 1 is 1.04 bits per heavy atom. The van der Waals surface area contributed by atoms with E-state index in [9.17, 15) is 8.42 Å². The molecule has 6 heteroatoms. The molecule has 0 aliphatic rings. The van der Waals surface area contributed by atoms with Crippen molar-refractivity contribution in [2.45, 2.75) is 17.7 Å². The minimum Gasteiger partial charge on any atom is -0.469 e. The van der Waals surface area contributed by atoms with E-state index in [-0.39, 0.29) is 0 Å². The molecule has 1 aromatic carbocycles. The van der Waals surface area contributed by atoms with E-state index in [2.05, 4.69) is 9.97 Å². The van der Waals surface area contributed by atoms with Gasteiger partial charge in [-0.1, -0.05) is 12.1 Å². The lowest BCUT2D eigenvalue weighted by atomic mass is 10.1. The Morgan fingerprint density at radius 2 is 1.83 bits per heavy atom. The Bertz CT molecular complexity index is 886. The maximum atomic E-state index is 11.5. The largest absolute Gasteiger partial charge is 0.469 e. The second kappa shape index (κ2) is 6.34. The van der Waals surface area contributed by atoms with Gasteiger partial charge in [0.15, 0.2) is 9.84 Å². The zero-order chi connectivity index (χ0) is 16.3. The first-order valence-electron chi connectivity index (χ1n) is 7.16. The molecule has 0 unspecified atom stereocenters. The molecule has 0 spiro atoms. The number of aryl methyl sites for hydroxylation is 2. The number of sulfone groups is 1. The van der Waals surface area contributed by atoms with E-state index in [4.69, 9.17) is 4.42 Å². The summed E-state index contributed by atoms with van der Waals surface area (Å²) < 4.78 is 28.3. The van der Waals surface area contributed by atoms with Crippen LogP contribution >= 0.6 is 0 Å². The number of aromatic nitrogens is 2. The molecule has 0 radical (unpaired) electrons. The summed E-state index contributed by atoms with van der Waals surface area (Å²) in [5, 5.41) is 0. The van der Waals surface area contributed by atoms with Crippen LogP contribution in [0.2, 0.25) is 0 Å². The average molecular weight is 328 g/mol. The summed E-state index contributed by atoms with van der Waals surface area (Å²) in [5.74, 6) is 0.912. The molecule has 0 saturated heterocycles. The standard InChI is InChI=1S/C17H16N2O3S/c1-23(20,21)16-8-4-13(5-9-16)17-12-18-11-14(19-17)6-7-15-3-2-10-22-15/h2-5,8-12H,6-7H2,1H3. The molecule has 0 atom stereocenters. The third kappa shape index (κ3) is 3.84. The maximum Gasteiger partial charge on any atom is 0.175 e. The van der Waals surface area contributed by atoms with Crippen LogP contribution < -0.4 is 0 Å². The van der Waals surface area contributed by atoms with Gasteiger partial charge in [0.25, 0.3) is 0 Å². The SMILES string of the molecule is CS(=O)(=O)c1ccc(-c2cncc(CCc3ccco3)n2)cc1. The average Bonchev–Trinajstić information content (AvgIpc) is 3.06. The highest BCUT2D eigenvalue weighted by atomic mass is 32.2. The number of furan rings is 1. The summed E-state index contributed by atoms with van der Waals surface area (Å²) in [6.07, 6.45) is 7.74. The van der Waals surface area contributed by atoms with Crippen LogP contribution in [0.3, 0.4) is 0 Å². The van der Waals surface area contributed by atoms with E-state index >= 15 is 0 Å². The molecule has 2 heterocycles. The molecular weight excluding hydrogens is 312 g/mol. The normalized spacial score (nSPS) is 11.5. The van der Waals surface area contributed by atoms with Crippen LogP contribution in [0.1, 0.15) is 11.5 Å². The van der Waals surface area contributed by atoms with Crippen LogP contribution in [-0.2, 0) is 22.7 Å². The third-order valence-electron chi connectivity index (χ3n) is 3.47. The lowest BCUT2D eigenvalue weighted by Crippen LogP contribution is -1.98. The molecule has 5 nitrogen and oxygen atoms in total. The van der Waals surface area contributed by atoms with Crippen molar-refractivity contribution in [3.63, 3.8) is 0 Å². The van der Waals surface area contributed by atoms with Crippen LogP contribution in [-0.4, -0.2) is 24.6 Å². The van der Waals surface area contributed by atoms with Gasteiger partial charge in [-0.2, -0.15) is 0 Å². The van der Waals surface area contributed by atoms with Gasteiger partial charge in [-0.05, 0) is 30.7 Å². The monoisotopic (exact) mass is 328 g/mol. The fourth-order valence-electron chi connectivity index (χ4n) is 2.24. The first kappa shape index (κ1) is 15.4. The quantitative estimate of drug-likeness (QED) is 0.720. The molecule has 0 fully saturated rings. The van der Waals surface area contributed by atoms with Gasteiger partial charge in [-0.3, -0.25) is 4.98 Å². The van der Waals surface area contributed by atoms with E-state index in [1.165, 1.54) is 6.26 Å². The van der Waals surface area contributed by atoms with Gasteiger partial charge in [-0.25, -0.2) is 13.4 Å². The van der Waals surface area contributed by atoms with E-state index in [1.807, 2.05) is 12.1 Å². The second-order valence-corrected chi connectivity index (χ2v) is 7.29. The second-order valence-electron chi connectivity index (χ2n) is 5.27. The highest BCUT2D eigenvalue weighted by molar-refractivity contribution is 7.90. The number of hydrogen-bond acceptors (Lipinski definition) is 5. The van der Waals surface area contributed by atoms with Gasteiger partial charge in [0.2, 0.25) is 0 Å². The lowest BCUT2D eigenvalue weighted by molar-refractivity contribution is 0.507. The van der Waals surface area contributed by atoms with E-state index in [1.54, 1.807) is 42.9 Å².